The fraction of sp³-hybridized carbons (Fsp3) is 0.471. The monoisotopic (exact) mass is 311 g/mol. The van der Waals surface area contributed by atoms with E-state index >= 15 is 0 Å². The smallest absolute Gasteiger partial charge is 0.235 e. The Hall–Kier alpha value is -2.21. The van der Waals surface area contributed by atoms with Crippen molar-refractivity contribution in [2.75, 3.05) is 5.32 Å². The fourth-order valence-electron chi connectivity index (χ4n) is 4.08. The third-order valence-corrected chi connectivity index (χ3v) is 5.04. The third-order valence-electron chi connectivity index (χ3n) is 5.04. The molecule has 2 aliphatic rings. The highest BCUT2D eigenvalue weighted by molar-refractivity contribution is 6.06. The first-order chi connectivity index (χ1) is 11.0. The van der Waals surface area contributed by atoms with Crippen molar-refractivity contribution in [1.82, 2.24) is 20.3 Å². The van der Waals surface area contributed by atoms with Gasteiger partial charge in [-0.2, -0.15) is 0 Å². The standard InChI is InChI=1S/C17H21N5O/c1-10-4-5-12-13(6-10)19-16(23)17(12)7-11(2)18-14(8-17)15-9-22(3)21-20-15/h4-6,9,11,14,18H,7-8H2,1-3H3,(H,19,23). The number of nitrogens with zero attached hydrogens (tertiary/aromatic N) is 3. The second kappa shape index (κ2) is 4.89. The molecule has 2 aromatic rings. The molecule has 1 aromatic heterocycles. The van der Waals surface area contributed by atoms with Crippen LogP contribution in [0.3, 0.4) is 0 Å². The molecule has 3 heterocycles. The van der Waals surface area contributed by atoms with Gasteiger partial charge in [-0.1, -0.05) is 17.3 Å². The molecule has 2 N–H and O–H groups in total. The van der Waals surface area contributed by atoms with Crippen molar-refractivity contribution in [2.24, 2.45) is 7.05 Å². The topological polar surface area (TPSA) is 71.8 Å². The third kappa shape index (κ3) is 2.16. The molecule has 0 aliphatic carbocycles. The first-order valence-corrected chi connectivity index (χ1v) is 8.03. The number of carbonyl (C=O) groups is 1. The van der Waals surface area contributed by atoms with Crippen LogP contribution in [0.4, 0.5) is 5.69 Å². The van der Waals surface area contributed by atoms with E-state index in [9.17, 15) is 4.79 Å². The summed E-state index contributed by atoms with van der Waals surface area (Å²) in [6, 6.07) is 6.52. The quantitative estimate of drug-likeness (QED) is 0.843. The minimum Gasteiger partial charge on any atom is -0.325 e. The number of piperidine rings is 1. The highest BCUT2D eigenvalue weighted by atomic mass is 16.2. The zero-order valence-corrected chi connectivity index (χ0v) is 13.6. The first-order valence-electron chi connectivity index (χ1n) is 8.03. The van der Waals surface area contributed by atoms with Crippen LogP contribution in [0.15, 0.2) is 24.4 Å². The van der Waals surface area contributed by atoms with Gasteiger partial charge in [-0.15, -0.1) is 5.10 Å². The molecule has 23 heavy (non-hydrogen) atoms. The molecule has 2 aliphatic heterocycles. The number of fused-ring (bicyclic) bond motifs is 2. The number of hydrogen-bond acceptors (Lipinski definition) is 4. The van der Waals surface area contributed by atoms with Gasteiger partial charge in [-0.25, -0.2) is 0 Å². The summed E-state index contributed by atoms with van der Waals surface area (Å²) in [6.45, 7) is 4.18. The lowest BCUT2D eigenvalue weighted by Crippen LogP contribution is -2.50. The average Bonchev–Trinajstić information content (AvgIpc) is 3.02. The van der Waals surface area contributed by atoms with Crippen LogP contribution in [-0.4, -0.2) is 26.9 Å². The van der Waals surface area contributed by atoms with Crippen molar-refractivity contribution >= 4 is 11.6 Å². The maximum Gasteiger partial charge on any atom is 0.235 e. The molecule has 1 amide bonds. The van der Waals surface area contributed by atoms with E-state index in [1.165, 1.54) is 0 Å². The summed E-state index contributed by atoms with van der Waals surface area (Å²) >= 11 is 0. The Kier molecular flexibility index (Phi) is 3.06. The number of carbonyl (C=O) groups excluding carboxylic acids is 1. The zero-order chi connectivity index (χ0) is 16.2. The predicted molar refractivity (Wildman–Crippen MR) is 87.1 cm³/mol. The summed E-state index contributed by atoms with van der Waals surface area (Å²) < 4.78 is 1.70. The maximum atomic E-state index is 12.9. The Morgan fingerprint density at radius 1 is 1.35 bits per heavy atom. The van der Waals surface area contributed by atoms with E-state index in [1.54, 1.807) is 4.68 Å². The van der Waals surface area contributed by atoms with Crippen molar-refractivity contribution in [3.8, 4) is 0 Å². The highest BCUT2D eigenvalue weighted by Crippen LogP contribution is 2.48. The van der Waals surface area contributed by atoms with E-state index in [0.717, 1.165) is 28.9 Å². The minimum atomic E-state index is -0.476. The van der Waals surface area contributed by atoms with Gasteiger partial charge in [0.2, 0.25) is 5.91 Å². The first kappa shape index (κ1) is 14.4. The summed E-state index contributed by atoms with van der Waals surface area (Å²) in [4.78, 5) is 12.9. The summed E-state index contributed by atoms with van der Waals surface area (Å²) in [6.07, 6.45) is 3.43. The average molecular weight is 311 g/mol. The predicted octanol–water partition coefficient (Wildman–Crippen LogP) is 1.83. The number of aromatic nitrogens is 3. The Morgan fingerprint density at radius 2 is 2.17 bits per heavy atom. The van der Waals surface area contributed by atoms with E-state index in [2.05, 4.69) is 46.1 Å². The van der Waals surface area contributed by atoms with Gasteiger partial charge < -0.3 is 10.6 Å². The summed E-state index contributed by atoms with van der Waals surface area (Å²) in [5, 5.41) is 14.9. The van der Waals surface area contributed by atoms with Crippen LogP contribution in [0.2, 0.25) is 0 Å². The maximum absolute atomic E-state index is 12.9. The van der Waals surface area contributed by atoms with Gasteiger partial charge in [0.25, 0.3) is 0 Å². The van der Waals surface area contributed by atoms with Crippen LogP contribution in [0, 0.1) is 6.92 Å². The summed E-state index contributed by atoms with van der Waals surface area (Å²) in [7, 11) is 1.86. The van der Waals surface area contributed by atoms with Crippen molar-refractivity contribution in [3.63, 3.8) is 0 Å². The van der Waals surface area contributed by atoms with E-state index in [4.69, 9.17) is 0 Å². The van der Waals surface area contributed by atoms with Gasteiger partial charge >= 0.3 is 0 Å². The molecule has 6 nitrogen and oxygen atoms in total. The van der Waals surface area contributed by atoms with Crippen LogP contribution in [0.25, 0.3) is 0 Å². The van der Waals surface area contributed by atoms with Crippen molar-refractivity contribution in [3.05, 3.63) is 41.2 Å². The second-order valence-electron chi connectivity index (χ2n) is 6.93. The van der Waals surface area contributed by atoms with Crippen molar-refractivity contribution in [1.29, 1.82) is 0 Å². The minimum absolute atomic E-state index is 0.0328. The van der Waals surface area contributed by atoms with E-state index in [0.29, 0.717) is 6.42 Å². The Labute approximate surface area is 135 Å². The molecule has 1 aromatic carbocycles. The SMILES string of the molecule is Cc1ccc2c(c1)NC(=O)C21CC(C)NC(c2cn(C)nn2)C1. The van der Waals surface area contributed by atoms with Crippen LogP contribution < -0.4 is 10.6 Å². The fourth-order valence-corrected chi connectivity index (χ4v) is 4.08. The molecule has 0 saturated carbocycles. The molecular weight excluding hydrogens is 290 g/mol. The molecule has 3 atom stereocenters. The molecular formula is C17H21N5O. The van der Waals surface area contributed by atoms with Crippen molar-refractivity contribution in [2.45, 2.75) is 44.2 Å². The molecule has 6 heteroatoms. The number of hydrogen-bond donors (Lipinski definition) is 2. The molecule has 0 radical (unpaired) electrons. The normalized spacial score (nSPS) is 29.6. The summed E-state index contributed by atoms with van der Waals surface area (Å²) in [5.74, 6) is 0.111. The van der Waals surface area contributed by atoms with Gasteiger partial charge in [0, 0.05) is 25.0 Å². The van der Waals surface area contributed by atoms with Crippen LogP contribution in [0.5, 0.6) is 0 Å². The van der Waals surface area contributed by atoms with E-state index in [-0.39, 0.29) is 18.0 Å². The number of amides is 1. The lowest BCUT2D eigenvalue weighted by Gasteiger charge is -2.40. The lowest BCUT2D eigenvalue weighted by atomic mass is 9.69. The highest BCUT2D eigenvalue weighted by Gasteiger charge is 2.51. The summed E-state index contributed by atoms with van der Waals surface area (Å²) in [5.41, 5.74) is 3.66. The lowest BCUT2D eigenvalue weighted by molar-refractivity contribution is -0.122. The molecule has 1 fully saturated rings. The van der Waals surface area contributed by atoms with Gasteiger partial charge in [-0.05, 0) is 43.9 Å². The Morgan fingerprint density at radius 3 is 2.91 bits per heavy atom. The Balaban J connectivity index is 1.77. The van der Waals surface area contributed by atoms with Crippen LogP contribution >= 0.6 is 0 Å². The van der Waals surface area contributed by atoms with Crippen molar-refractivity contribution < 1.29 is 4.79 Å². The molecule has 1 spiro atoms. The van der Waals surface area contributed by atoms with Crippen LogP contribution in [-0.2, 0) is 17.3 Å². The number of benzene rings is 1. The van der Waals surface area contributed by atoms with Gasteiger partial charge in [0.05, 0.1) is 17.2 Å². The Bertz CT molecular complexity index is 783. The van der Waals surface area contributed by atoms with Gasteiger partial charge in [0.1, 0.15) is 0 Å². The number of rotatable bonds is 1. The number of aryl methyl sites for hydroxylation is 2. The van der Waals surface area contributed by atoms with Gasteiger partial charge in [-0.3, -0.25) is 9.48 Å². The second-order valence-corrected chi connectivity index (χ2v) is 6.93. The molecule has 3 unspecified atom stereocenters. The largest absolute Gasteiger partial charge is 0.325 e. The van der Waals surface area contributed by atoms with Gasteiger partial charge in [0.15, 0.2) is 0 Å². The molecule has 1 saturated heterocycles. The molecule has 120 valence electrons. The number of nitrogens with one attached hydrogen (secondary N) is 2. The van der Waals surface area contributed by atoms with E-state index in [1.807, 2.05) is 20.2 Å². The van der Waals surface area contributed by atoms with Crippen LogP contribution in [0.1, 0.15) is 42.6 Å². The molecule has 4 rings (SSSR count). The zero-order valence-electron chi connectivity index (χ0n) is 13.6. The number of anilines is 1. The molecule has 0 bridgehead atoms. The van der Waals surface area contributed by atoms with E-state index < -0.39 is 5.41 Å².